The van der Waals surface area contributed by atoms with E-state index in [1.54, 1.807) is 19.1 Å². The molecule has 0 saturated carbocycles. The Balaban J connectivity index is 4.57. The maximum Gasteiger partial charge on any atom is 0.211 e. The monoisotopic (exact) mass is 175 g/mol. The molecule has 0 unspecified atom stereocenters. The number of hydrogen-bond donors (Lipinski definition) is 1. The molecule has 0 saturated heterocycles. The van der Waals surface area contributed by atoms with Crippen molar-refractivity contribution < 1.29 is 4.79 Å². The molecule has 0 bridgehead atoms. The smallest absolute Gasteiger partial charge is 0.211 e. The lowest BCUT2D eigenvalue weighted by atomic mass is 10.2. The summed E-state index contributed by atoms with van der Waals surface area (Å²) in [4.78, 5) is 10.2. The number of carbonyl (C=O) groups excluding carboxylic acids is 1. The van der Waals surface area contributed by atoms with Crippen molar-refractivity contribution >= 4 is 6.41 Å². The van der Waals surface area contributed by atoms with Gasteiger partial charge in [0, 0.05) is 11.3 Å². The van der Waals surface area contributed by atoms with Gasteiger partial charge in [-0.05, 0) is 26.0 Å². The summed E-state index contributed by atoms with van der Waals surface area (Å²) in [6.07, 6.45) is 5.94. The van der Waals surface area contributed by atoms with Crippen molar-refractivity contribution in [3.63, 3.8) is 0 Å². The van der Waals surface area contributed by atoms with Gasteiger partial charge >= 0.3 is 0 Å². The minimum Gasteiger partial charge on any atom is -0.329 e. The number of nitrogens with one attached hydrogen (secondary N) is 1. The zero-order valence-corrected chi connectivity index (χ0v) is 7.92. The quantitative estimate of drug-likeness (QED) is 0.394. The average molecular weight is 175 g/mol. The second kappa shape index (κ2) is 6.93. The second-order valence-corrected chi connectivity index (χ2v) is 2.26. The molecule has 0 aliphatic heterocycles. The van der Waals surface area contributed by atoms with Crippen LogP contribution in [0.15, 0.2) is 36.1 Å². The summed E-state index contributed by atoms with van der Waals surface area (Å²) in [6, 6.07) is 0. The molecule has 0 rings (SSSR count). The molecule has 0 aromatic carbocycles. The lowest BCUT2D eigenvalue weighted by Crippen LogP contribution is -2.08. The van der Waals surface area contributed by atoms with E-state index in [-0.39, 0.29) is 0 Å². The Morgan fingerprint density at radius 1 is 1.54 bits per heavy atom. The van der Waals surface area contributed by atoms with Crippen molar-refractivity contribution in [3.8, 4) is 11.8 Å². The van der Waals surface area contributed by atoms with Gasteiger partial charge < -0.3 is 5.32 Å². The van der Waals surface area contributed by atoms with Crippen LogP contribution < -0.4 is 5.32 Å². The zero-order chi connectivity index (χ0) is 10.1. The number of hydrogen-bond acceptors (Lipinski definition) is 1. The van der Waals surface area contributed by atoms with Crippen LogP contribution in [0.4, 0.5) is 0 Å². The molecule has 1 amide bonds. The number of allylic oxidation sites excluding steroid dienone is 4. The van der Waals surface area contributed by atoms with Crippen LogP contribution in [0.25, 0.3) is 0 Å². The standard InChI is InChI=1S/C11H13NO/c1-4-6-10(3)8-11(7-5-2)12-9-13/h5,7-9H,3H2,1-2H3,(H,12,13)/b7-5-,11-8+. The first kappa shape index (κ1) is 11.2. The van der Waals surface area contributed by atoms with Crippen molar-refractivity contribution in [2.75, 3.05) is 0 Å². The molecule has 2 heteroatoms. The van der Waals surface area contributed by atoms with Gasteiger partial charge in [-0.2, -0.15) is 0 Å². The van der Waals surface area contributed by atoms with E-state index in [2.05, 4.69) is 23.7 Å². The summed E-state index contributed by atoms with van der Waals surface area (Å²) >= 11 is 0. The first-order chi connectivity index (χ1) is 6.24. The summed E-state index contributed by atoms with van der Waals surface area (Å²) in [5, 5.41) is 2.54. The lowest BCUT2D eigenvalue weighted by Gasteiger charge is -1.97. The molecule has 0 atom stereocenters. The molecule has 0 radical (unpaired) electrons. The highest BCUT2D eigenvalue weighted by Gasteiger charge is 1.89. The average Bonchev–Trinajstić information content (AvgIpc) is 2.05. The van der Waals surface area contributed by atoms with E-state index in [4.69, 9.17) is 0 Å². The third kappa shape index (κ3) is 5.51. The van der Waals surface area contributed by atoms with Crippen LogP contribution >= 0.6 is 0 Å². The SMILES string of the molecule is C=C(C#CC)/C=C(\C=C/C)NC=O. The second-order valence-electron chi connectivity index (χ2n) is 2.26. The number of carbonyl (C=O) groups is 1. The molecule has 0 heterocycles. The summed E-state index contributed by atoms with van der Waals surface area (Å²) in [6.45, 7) is 7.32. The summed E-state index contributed by atoms with van der Waals surface area (Å²) in [7, 11) is 0. The fourth-order valence-electron chi connectivity index (χ4n) is 0.770. The van der Waals surface area contributed by atoms with Crippen molar-refractivity contribution in [3.05, 3.63) is 36.1 Å². The Kier molecular flexibility index (Phi) is 6.00. The van der Waals surface area contributed by atoms with Gasteiger partial charge in [0.1, 0.15) is 0 Å². The molecule has 2 nitrogen and oxygen atoms in total. The molecule has 0 fully saturated rings. The van der Waals surface area contributed by atoms with Crippen LogP contribution in [0.3, 0.4) is 0 Å². The van der Waals surface area contributed by atoms with E-state index < -0.39 is 0 Å². The highest BCUT2D eigenvalue weighted by molar-refractivity contribution is 5.53. The highest BCUT2D eigenvalue weighted by atomic mass is 16.1. The largest absolute Gasteiger partial charge is 0.329 e. The molecular weight excluding hydrogens is 162 g/mol. The third-order valence-corrected chi connectivity index (χ3v) is 1.19. The topological polar surface area (TPSA) is 29.1 Å². The third-order valence-electron chi connectivity index (χ3n) is 1.19. The minimum absolute atomic E-state index is 0.623. The first-order valence-corrected chi connectivity index (χ1v) is 3.90. The lowest BCUT2D eigenvalue weighted by molar-refractivity contribution is -0.108. The van der Waals surface area contributed by atoms with Crippen molar-refractivity contribution in [1.29, 1.82) is 0 Å². The number of amides is 1. The first-order valence-electron chi connectivity index (χ1n) is 3.90. The van der Waals surface area contributed by atoms with E-state index in [1.165, 1.54) is 0 Å². The summed E-state index contributed by atoms with van der Waals surface area (Å²) in [5.41, 5.74) is 1.36. The van der Waals surface area contributed by atoms with Gasteiger partial charge in [-0.3, -0.25) is 4.79 Å². The molecule has 0 spiro atoms. The predicted molar refractivity (Wildman–Crippen MR) is 54.7 cm³/mol. The Labute approximate surface area is 79.0 Å². The molecule has 1 N–H and O–H groups in total. The van der Waals surface area contributed by atoms with Crippen LogP contribution in [-0.2, 0) is 4.79 Å². The molecule has 0 aromatic heterocycles. The van der Waals surface area contributed by atoms with Gasteiger partial charge in [0.05, 0.1) is 0 Å². The molecule has 13 heavy (non-hydrogen) atoms. The van der Waals surface area contributed by atoms with E-state index >= 15 is 0 Å². The van der Waals surface area contributed by atoms with Crippen LogP contribution in [-0.4, -0.2) is 6.41 Å². The van der Waals surface area contributed by atoms with Gasteiger partial charge in [-0.15, -0.1) is 5.92 Å². The van der Waals surface area contributed by atoms with Crippen molar-refractivity contribution in [2.45, 2.75) is 13.8 Å². The fourth-order valence-corrected chi connectivity index (χ4v) is 0.770. The maximum absolute atomic E-state index is 10.2. The molecule has 68 valence electrons. The van der Waals surface area contributed by atoms with Gasteiger partial charge in [-0.25, -0.2) is 0 Å². The zero-order valence-electron chi connectivity index (χ0n) is 7.92. The minimum atomic E-state index is 0.623. The van der Waals surface area contributed by atoms with Gasteiger partial charge in [0.2, 0.25) is 6.41 Å². The fraction of sp³-hybridized carbons (Fsp3) is 0.182. The van der Waals surface area contributed by atoms with Gasteiger partial charge in [0.25, 0.3) is 0 Å². The van der Waals surface area contributed by atoms with Crippen LogP contribution in [0.1, 0.15) is 13.8 Å². The Morgan fingerprint density at radius 2 is 2.23 bits per heavy atom. The van der Waals surface area contributed by atoms with Gasteiger partial charge in [0.15, 0.2) is 0 Å². The van der Waals surface area contributed by atoms with Crippen LogP contribution in [0, 0.1) is 11.8 Å². The normalized spacial score (nSPS) is 10.5. The van der Waals surface area contributed by atoms with E-state index in [0.29, 0.717) is 17.7 Å². The molecule has 0 aliphatic rings. The maximum atomic E-state index is 10.2. The predicted octanol–water partition coefficient (Wildman–Crippen LogP) is 1.77. The molecule has 0 aromatic rings. The summed E-state index contributed by atoms with van der Waals surface area (Å²) in [5.74, 6) is 5.50. The Bertz CT molecular complexity index is 300. The van der Waals surface area contributed by atoms with E-state index in [1.807, 2.05) is 13.0 Å². The van der Waals surface area contributed by atoms with Crippen LogP contribution in [0.5, 0.6) is 0 Å². The molecule has 0 aliphatic carbocycles. The Hall–Kier alpha value is -1.75. The van der Waals surface area contributed by atoms with Crippen molar-refractivity contribution in [2.24, 2.45) is 0 Å². The van der Waals surface area contributed by atoms with E-state index in [9.17, 15) is 4.79 Å². The van der Waals surface area contributed by atoms with Crippen molar-refractivity contribution in [1.82, 2.24) is 5.32 Å². The number of rotatable bonds is 4. The van der Waals surface area contributed by atoms with E-state index in [0.717, 1.165) is 0 Å². The van der Waals surface area contributed by atoms with Crippen LogP contribution in [0.2, 0.25) is 0 Å². The Morgan fingerprint density at radius 3 is 2.69 bits per heavy atom. The summed E-state index contributed by atoms with van der Waals surface area (Å²) < 4.78 is 0. The van der Waals surface area contributed by atoms with Gasteiger partial charge in [-0.1, -0.05) is 18.6 Å². The molecular formula is C11H13NO. The highest BCUT2D eigenvalue weighted by Crippen LogP contribution is 1.97.